The van der Waals surface area contributed by atoms with Gasteiger partial charge in [0.2, 0.25) is 0 Å². The Kier molecular flexibility index (Phi) is 5.37. The van der Waals surface area contributed by atoms with E-state index < -0.39 is 0 Å². The molecular weight excluding hydrogens is 323 g/mol. The Morgan fingerprint density at radius 1 is 1.45 bits per heavy atom. The minimum Gasteiger partial charge on any atom is -0.465 e. The monoisotopic (exact) mass is 342 g/mol. The second-order valence-corrected chi connectivity index (χ2v) is 5.77. The van der Waals surface area contributed by atoms with Crippen molar-refractivity contribution in [2.75, 3.05) is 13.2 Å². The molecule has 2 heterocycles. The first-order valence-corrected chi connectivity index (χ1v) is 7.66. The van der Waals surface area contributed by atoms with Gasteiger partial charge in [0.25, 0.3) is 0 Å². The van der Waals surface area contributed by atoms with Crippen LogP contribution in [0, 0.1) is 6.92 Å². The molecule has 4 nitrogen and oxygen atoms in total. The van der Waals surface area contributed by atoms with Crippen LogP contribution in [0.5, 0.6) is 0 Å². The van der Waals surface area contributed by atoms with E-state index in [1.54, 1.807) is 0 Å². The van der Waals surface area contributed by atoms with Crippen molar-refractivity contribution < 1.29 is 9.53 Å². The second kappa shape index (κ2) is 6.90. The molecule has 1 aliphatic heterocycles. The van der Waals surface area contributed by atoms with Gasteiger partial charge in [0.05, 0.1) is 12.1 Å². The highest BCUT2D eigenvalue weighted by Gasteiger charge is 2.22. The molecule has 120 valence electrons. The Morgan fingerprint density at radius 3 is 2.95 bits per heavy atom. The molecule has 0 spiro atoms. The van der Waals surface area contributed by atoms with E-state index in [-0.39, 0.29) is 24.9 Å². The van der Waals surface area contributed by atoms with Gasteiger partial charge in [-0.15, -0.1) is 12.4 Å². The van der Waals surface area contributed by atoms with Crippen LogP contribution in [0.2, 0.25) is 5.02 Å². The molecule has 1 aliphatic rings. The highest BCUT2D eigenvalue weighted by molar-refractivity contribution is 6.32. The third-order valence-corrected chi connectivity index (χ3v) is 4.41. The molecule has 22 heavy (non-hydrogen) atoms. The fraction of sp³-hybridized carbons (Fsp3) is 0.438. The Labute approximate surface area is 141 Å². The van der Waals surface area contributed by atoms with Gasteiger partial charge in [-0.3, -0.25) is 4.79 Å². The van der Waals surface area contributed by atoms with Crippen LogP contribution in [0.25, 0.3) is 10.9 Å². The number of aryl methyl sites for hydroxylation is 1. The first-order valence-electron chi connectivity index (χ1n) is 7.28. The maximum atomic E-state index is 11.9. The number of carbonyl (C=O) groups is 1. The van der Waals surface area contributed by atoms with E-state index in [0.29, 0.717) is 6.61 Å². The molecule has 0 saturated heterocycles. The van der Waals surface area contributed by atoms with Gasteiger partial charge in [-0.1, -0.05) is 11.6 Å². The van der Waals surface area contributed by atoms with Crippen molar-refractivity contribution in [1.29, 1.82) is 0 Å². The van der Waals surface area contributed by atoms with Crippen LogP contribution >= 0.6 is 24.0 Å². The lowest BCUT2D eigenvalue weighted by Gasteiger charge is -2.16. The van der Waals surface area contributed by atoms with Crippen LogP contribution in [-0.2, 0) is 29.0 Å². The molecule has 1 N–H and O–H groups in total. The van der Waals surface area contributed by atoms with E-state index in [0.717, 1.165) is 35.6 Å². The maximum absolute atomic E-state index is 11.9. The zero-order valence-electron chi connectivity index (χ0n) is 12.7. The number of hydrogen-bond donors (Lipinski definition) is 1. The van der Waals surface area contributed by atoms with E-state index in [2.05, 4.69) is 16.0 Å². The Bertz CT molecular complexity index is 710. The molecule has 0 atom stereocenters. The zero-order chi connectivity index (χ0) is 15.0. The predicted octanol–water partition coefficient (Wildman–Crippen LogP) is 3.23. The molecular formula is C16H20Cl2N2O2. The van der Waals surface area contributed by atoms with Crippen molar-refractivity contribution in [3.63, 3.8) is 0 Å². The lowest BCUT2D eigenvalue weighted by atomic mass is 10.0. The average molecular weight is 343 g/mol. The number of fused-ring (bicyclic) bond motifs is 3. The summed E-state index contributed by atoms with van der Waals surface area (Å²) in [5, 5.41) is 5.31. The summed E-state index contributed by atoms with van der Waals surface area (Å²) in [6.07, 6.45) is 0.917. The minimum atomic E-state index is -0.201. The molecule has 1 aromatic carbocycles. The van der Waals surface area contributed by atoms with E-state index in [4.69, 9.17) is 16.3 Å². The smallest absolute Gasteiger partial charge is 0.325 e. The number of benzene rings is 1. The largest absolute Gasteiger partial charge is 0.465 e. The Morgan fingerprint density at radius 2 is 2.23 bits per heavy atom. The van der Waals surface area contributed by atoms with Crippen LogP contribution < -0.4 is 5.32 Å². The van der Waals surface area contributed by atoms with Crippen molar-refractivity contribution in [1.82, 2.24) is 9.88 Å². The number of esters is 1. The standard InChI is InChI=1S/C16H19ClN2O2.ClH/c1-3-21-16(20)9-19-14-4-5-18-8-12(14)11-6-10(2)13(17)7-15(11)19;/h6-7,18H,3-5,8-9H2,1-2H3;1H. The lowest BCUT2D eigenvalue weighted by Crippen LogP contribution is -2.25. The molecule has 0 unspecified atom stereocenters. The van der Waals surface area contributed by atoms with Crippen molar-refractivity contribution in [3.8, 4) is 0 Å². The summed E-state index contributed by atoms with van der Waals surface area (Å²) in [6.45, 7) is 6.25. The van der Waals surface area contributed by atoms with Gasteiger partial charge in [-0.05, 0) is 37.1 Å². The van der Waals surface area contributed by atoms with E-state index in [1.807, 2.05) is 19.9 Å². The number of hydrogen-bond acceptors (Lipinski definition) is 3. The SMILES string of the molecule is CCOC(=O)Cn1c2c(c3cc(C)c(Cl)cc31)CNCC2.Cl. The first-order chi connectivity index (χ1) is 10.1. The van der Waals surface area contributed by atoms with E-state index in [9.17, 15) is 4.79 Å². The molecule has 1 aromatic heterocycles. The Balaban J connectivity index is 0.00000176. The number of nitrogens with one attached hydrogen (secondary N) is 1. The van der Waals surface area contributed by atoms with Gasteiger partial charge < -0.3 is 14.6 Å². The molecule has 3 rings (SSSR count). The quantitative estimate of drug-likeness (QED) is 0.870. The molecule has 2 aromatic rings. The topological polar surface area (TPSA) is 43.3 Å². The summed E-state index contributed by atoms with van der Waals surface area (Å²) in [7, 11) is 0. The number of nitrogens with zero attached hydrogens (tertiary/aromatic N) is 1. The third kappa shape index (κ3) is 2.96. The molecule has 0 amide bonds. The first kappa shape index (κ1) is 17.1. The van der Waals surface area contributed by atoms with Gasteiger partial charge in [0, 0.05) is 35.6 Å². The fourth-order valence-electron chi connectivity index (χ4n) is 3.02. The molecule has 0 aliphatic carbocycles. The predicted molar refractivity (Wildman–Crippen MR) is 91.0 cm³/mol. The van der Waals surface area contributed by atoms with Gasteiger partial charge in [-0.2, -0.15) is 0 Å². The second-order valence-electron chi connectivity index (χ2n) is 5.36. The maximum Gasteiger partial charge on any atom is 0.325 e. The molecule has 0 bridgehead atoms. The summed E-state index contributed by atoms with van der Waals surface area (Å²) in [5.74, 6) is -0.201. The lowest BCUT2D eigenvalue weighted by molar-refractivity contribution is -0.143. The average Bonchev–Trinajstić information content (AvgIpc) is 2.74. The zero-order valence-corrected chi connectivity index (χ0v) is 14.3. The normalized spacial score (nSPS) is 13.6. The summed E-state index contributed by atoms with van der Waals surface area (Å²) in [6, 6.07) is 4.08. The van der Waals surface area contributed by atoms with Crippen molar-refractivity contribution in [2.24, 2.45) is 0 Å². The minimum absolute atomic E-state index is 0. The van der Waals surface area contributed by atoms with E-state index >= 15 is 0 Å². The highest BCUT2D eigenvalue weighted by atomic mass is 35.5. The summed E-state index contributed by atoms with van der Waals surface area (Å²) < 4.78 is 7.17. The van der Waals surface area contributed by atoms with Crippen molar-refractivity contribution >= 4 is 40.9 Å². The molecule has 0 fully saturated rings. The van der Waals surface area contributed by atoms with Crippen molar-refractivity contribution in [2.45, 2.75) is 33.4 Å². The van der Waals surface area contributed by atoms with Crippen LogP contribution in [-0.4, -0.2) is 23.7 Å². The van der Waals surface area contributed by atoms with Crippen LogP contribution in [0.3, 0.4) is 0 Å². The molecule has 0 saturated carbocycles. The number of rotatable bonds is 3. The van der Waals surface area contributed by atoms with Gasteiger partial charge in [0.15, 0.2) is 0 Å². The van der Waals surface area contributed by atoms with Gasteiger partial charge in [-0.25, -0.2) is 0 Å². The van der Waals surface area contributed by atoms with Gasteiger partial charge in [0.1, 0.15) is 6.54 Å². The van der Waals surface area contributed by atoms with Crippen LogP contribution in [0.1, 0.15) is 23.7 Å². The van der Waals surface area contributed by atoms with Gasteiger partial charge >= 0.3 is 5.97 Å². The third-order valence-electron chi connectivity index (χ3n) is 4.00. The summed E-state index contributed by atoms with van der Waals surface area (Å²) in [5.41, 5.74) is 4.58. The highest BCUT2D eigenvalue weighted by Crippen LogP contribution is 2.32. The summed E-state index contributed by atoms with van der Waals surface area (Å²) in [4.78, 5) is 11.9. The van der Waals surface area contributed by atoms with Crippen molar-refractivity contribution in [3.05, 3.63) is 34.0 Å². The number of aromatic nitrogens is 1. The number of halogens is 2. The number of carbonyl (C=O) groups excluding carboxylic acids is 1. The fourth-order valence-corrected chi connectivity index (χ4v) is 3.18. The number of ether oxygens (including phenoxy) is 1. The molecule has 0 radical (unpaired) electrons. The summed E-state index contributed by atoms with van der Waals surface area (Å²) >= 11 is 6.28. The van der Waals surface area contributed by atoms with E-state index in [1.165, 1.54) is 16.6 Å². The van der Waals surface area contributed by atoms with Crippen LogP contribution in [0.15, 0.2) is 12.1 Å². The Hall–Kier alpha value is -1.23. The van der Waals surface area contributed by atoms with Crippen LogP contribution in [0.4, 0.5) is 0 Å². The molecule has 6 heteroatoms.